The fraction of sp³-hybridized carbons (Fsp3) is 0.500. The van der Waals surface area contributed by atoms with Gasteiger partial charge in [0.2, 0.25) is 10.0 Å². The van der Waals surface area contributed by atoms with Crippen LogP contribution in [0, 0.1) is 5.92 Å². The number of hydrogen-bond acceptors (Lipinski definition) is 4. The number of sulfonamides is 1. The second-order valence-corrected chi connectivity index (χ2v) is 7.65. The molecule has 0 amide bonds. The Labute approximate surface area is 125 Å². The van der Waals surface area contributed by atoms with Crippen molar-refractivity contribution in [3.05, 3.63) is 24.3 Å². The van der Waals surface area contributed by atoms with Gasteiger partial charge in [-0.25, -0.2) is 12.7 Å². The summed E-state index contributed by atoms with van der Waals surface area (Å²) in [6, 6.07) is 6.38. The Balaban J connectivity index is 2.20. The van der Waals surface area contributed by atoms with Gasteiger partial charge < -0.3 is 10.0 Å². The molecule has 1 fully saturated rings. The Morgan fingerprint density at radius 2 is 1.81 bits per heavy atom. The molecule has 0 bridgehead atoms. The molecule has 1 saturated carbocycles. The molecule has 1 N–H and O–H groups in total. The smallest absolute Gasteiger partial charge is 0.323 e. The highest BCUT2D eigenvalue weighted by Crippen LogP contribution is 2.31. The lowest BCUT2D eigenvalue weighted by atomic mass is 10.2. The Morgan fingerprint density at radius 3 is 2.24 bits per heavy atom. The summed E-state index contributed by atoms with van der Waals surface area (Å²) in [5.74, 6) is -0.338. The van der Waals surface area contributed by atoms with Gasteiger partial charge in [-0.2, -0.15) is 0 Å². The van der Waals surface area contributed by atoms with E-state index in [-0.39, 0.29) is 11.4 Å². The lowest BCUT2D eigenvalue weighted by Gasteiger charge is -2.23. The largest absolute Gasteiger partial charge is 0.480 e. The van der Waals surface area contributed by atoms with Gasteiger partial charge in [0.25, 0.3) is 0 Å². The Bertz CT molecular complexity index is 606. The molecular formula is C14H20N2O4S. The molecule has 116 valence electrons. The summed E-state index contributed by atoms with van der Waals surface area (Å²) < 4.78 is 25.1. The van der Waals surface area contributed by atoms with Crippen LogP contribution in [0.25, 0.3) is 0 Å². The van der Waals surface area contributed by atoms with Gasteiger partial charge >= 0.3 is 5.97 Å². The normalized spacial score (nSPS) is 15.2. The van der Waals surface area contributed by atoms with Crippen LogP contribution >= 0.6 is 0 Å². The molecule has 1 aliphatic rings. The zero-order valence-electron chi connectivity index (χ0n) is 12.2. The standard InChI is InChI=1S/C14H20N2O4S/c1-15(2)21(19,20)13-7-5-12(6-8-13)16(10-14(17)18)9-11-3-4-11/h5-8,11H,3-4,9-10H2,1-2H3,(H,17,18). The van der Waals surface area contributed by atoms with E-state index in [0.717, 1.165) is 22.8 Å². The number of anilines is 1. The van der Waals surface area contributed by atoms with Crippen molar-refractivity contribution in [3.63, 3.8) is 0 Å². The van der Waals surface area contributed by atoms with Gasteiger partial charge in [-0.3, -0.25) is 4.79 Å². The van der Waals surface area contributed by atoms with Gasteiger partial charge in [0.05, 0.1) is 4.90 Å². The molecule has 0 aromatic heterocycles. The van der Waals surface area contributed by atoms with E-state index in [1.807, 2.05) is 0 Å². The molecule has 6 nitrogen and oxygen atoms in total. The number of benzene rings is 1. The lowest BCUT2D eigenvalue weighted by molar-refractivity contribution is -0.135. The highest BCUT2D eigenvalue weighted by Gasteiger charge is 2.26. The van der Waals surface area contributed by atoms with Crippen LogP contribution in [0.1, 0.15) is 12.8 Å². The maximum Gasteiger partial charge on any atom is 0.323 e. The van der Waals surface area contributed by atoms with Gasteiger partial charge in [-0.15, -0.1) is 0 Å². The van der Waals surface area contributed by atoms with Crippen molar-refractivity contribution in [1.82, 2.24) is 4.31 Å². The Morgan fingerprint density at radius 1 is 1.24 bits per heavy atom. The predicted octanol–water partition coefficient (Wildman–Crippen LogP) is 1.24. The first-order valence-corrected chi connectivity index (χ1v) is 8.24. The van der Waals surface area contributed by atoms with Crippen LogP contribution < -0.4 is 4.90 Å². The number of aliphatic carboxylic acids is 1. The SMILES string of the molecule is CN(C)S(=O)(=O)c1ccc(N(CC(=O)O)CC2CC2)cc1. The summed E-state index contributed by atoms with van der Waals surface area (Å²) in [6.07, 6.45) is 2.26. The van der Waals surface area contributed by atoms with Crippen molar-refractivity contribution < 1.29 is 18.3 Å². The maximum atomic E-state index is 12.0. The van der Waals surface area contributed by atoms with Crippen LogP contribution in [-0.2, 0) is 14.8 Å². The predicted molar refractivity (Wildman–Crippen MR) is 79.9 cm³/mol. The van der Waals surface area contributed by atoms with Gasteiger partial charge in [-0.1, -0.05) is 0 Å². The van der Waals surface area contributed by atoms with Crippen molar-refractivity contribution in [1.29, 1.82) is 0 Å². The highest BCUT2D eigenvalue weighted by atomic mass is 32.2. The molecule has 21 heavy (non-hydrogen) atoms. The van der Waals surface area contributed by atoms with Crippen molar-refractivity contribution in [3.8, 4) is 0 Å². The third kappa shape index (κ3) is 3.95. The van der Waals surface area contributed by atoms with Crippen molar-refractivity contribution >= 4 is 21.7 Å². The van der Waals surface area contributed by atoms with Crippen LogP contribution in [0.5, 0.6) is 0 Å². The highest BCUT2D eigenvalue weighted by molar-refractivity contribution is 7.89. The molecule has 0 radical (unpaired) electrons. The van der Waals surface area contributed by atoms with Crippen molar-refractivity contribution in [2.75, 3.05) is 32.1 Å². The second kappa shape index (κ2) is 6.03. The summed E-state index contributed by atoms with van der Waals surface area (Å²) in [6.45, 7) is 0.627. The van der Waals surface area contributed by atoms with Gasteiger partial charge in [-0.05, 0) is 43.0 Å². The molecule has 1 aromatic carbocycles. The van der Waals surface area contributed by atoms with Crippen LogP contribution in [0.2, 0.25) is 0 Å². The quantitative estimate of drug-likeness (QED) is 0.819. The number of hydrogen-bond donors (Lipinski definition) is 1. The zero-order valence-corrected chi connectivity index (χ0v) is 13.0. The van der Waals surface area contributed by atoms with Crippen LogP contribution in [-0.4, -0.2) is 51.0 Å². The molecular weight excluding hydrogens is 292 g/mol. The fourth-order valence-electron chi connectivity index (χ4n) is 2.08. The number of rotatable bonds is 7. The number of carbonyl (C=O) groups is 1. The Hall–Kier alpha value is -1.60. The van der Waals surface area contributed by atoms with Crippen LogP contribution in [0.15, 0.2) is 29.2 Å². The molecule has 1 aromatic rings. The van der Waals surface area contributed by atoms with E-state index in [1.54, 1.807) is 17.0 Å². The number of nitrogens with zero attached hydrogens (tertiary/aromatic N) is 2. The van der Waals surface area contributed by atoms with E-state index in [2.05, 4.69) is 0 Å². The monoisotopic (exact) mass is 312 g/mol. The maximum absolute atomic E-state index is 12.0. The van der Waals surface area contributed by atoms with Crippen LogP contribution in [0.4, 0.5) is 5.69 Å². The van der Waals surface area contributed by atoms with Gasteiger partial charge in [0, 0.05) is 26.3 Å². The first kappa shape index (κ1) is 15.8. The average molecular weight is 312 g/mol. The third-order valence-corrected chi connectivity index (χ3v) is 5.31. The van der Waals surface area contributed by atoms with E-state index < -0.39 is 16.0 Å². The van der Waals surface area contributed by atoms with E-state index in [9.17, 15) is 13.2 Å². The second-order valence-electron chi connectivity index (χ2n) is 5.50. The molecule has 0 atom stereocenters. The van der Waals surface area contributed by atoms with E-state index in [0.29, 0.717) is 12.5 Å². The van der Waals surface area contributed by atoms with E-state index in [1.165, 1.54) is 26.2 Å². The molecule has 1 aliphatic carbocycles. The molecule has 2 rings (SSSR count). The van der Waals surface area contributed by atoms with E-state index >= 15 is 0 Å². The minimum absolute atomic E-state index is 0.0731. The molecule has 0 heterocycles. The van der Waals surface area contributed by atoms with Crippen molar-refractivity contribution in [2.24, 2.45) is 5.92 Å². The summed E-state index contributed by atoms with van der Waals surface area (Å²) in [5.41, 5.74) is 0.738. The summed E-state index contributed by atoms with van der Waals surface area (Å²) in [4.78, 5) is 12.9. The van der Waals surface area contributed by atoms with Crippen LogP contribution in [0.3, 0.4) is 0 Å². The molecule has 7 heteroatoms. The van der Waals surface area contributed by atoms with E-state index in [4.69, 9.17) is 5.11 Å². The number of carboxylic acids is 1. The topological polar surface area (TPSA) is 77.9 Å². The summed E-state index contributed by atoms with van der Waals surface area (Å²) >= 11 is 0. The van der Waals surface area contributed by atoms with Crippen molar-refractivity contribution in [2.45, 2.75) is 17.7 Å². The lowest BCUT2D eigenvalue weighted by Crippen LogP contribution is -2.31. The minimum atomic E-state index is -3.45. The summed E-state index contributed by atoms with van der Waals surface area (Å²) in [5, 5.41) is 8.99. The minimum Gasteiger partial charge on any atom is -0.480 e. The fourth-order valence-corrected chi connectivity index (χ4v) is 2.98. The zero-order chi connectivity index (χ0) is 15.6. The molecule has 0 spiro atoms. The molecule has 0 aliphatic heterocycles. The first-order chi connectivity index (χ1) is 9.80. The molecule has 0 unspecified atom stereocenters. The first-order valence-electron chi connectivity index (χ1n) is 6.80. The summed E-state index contributed by atoms with van der Waals surface area (Å²) in [7, 11) is -0.496. The van der Waals surface area contributed by atoms with Gasteiger partial charge in [0.15, 0.2) is 0 Å². The van der Waals surface area contributed by atoms with Gasteiger partial charge in [0.1, 0.15) is 6.54 Å². The number of carboxylic acid groups (broad SMARTS) is 1. The molecule has 0 saturated heterocycles. The average Bonchev–Trinajstić information content (AvgIpc) is 3.21. The third-order valence-electron chi connectivity index (χ3n) is 3.48. The Kier molecular flexibility index (Phi) is 4.53.